The van der Waals surface area contributed by atoms with Crippen LogP contribution in [0.4, 0.5) is 0 Å². The van der Waals surface area contributed by atoms with E-state index >= 15 is 0 Å². The highest BCUT2D eigenvalue weighted by atomic mass is 32.1. The third-order valence-corrected chi connectivity index (χ3v) is 5.71. The van der Waals surface area contributed by atoms with E-state index in [9.17, 15) is 9.90 Å². The zero-order chi connectivity index (χ0) is 14.7. The third kappa shape index (κ3) is 3.65. The third-order valence-electron chi connectivity index (χ3n) is 4.47. The second kappa shape index (κ2) is 6.46. The highest BCUT2D eigenvalue weighted by Crippen LogP contribution is 2.29. The number of amides is 1. The number of thiophene rings is 1. The van der Waals surface area contributed by atoms with Crippen LogP contribution < -0.4 is 5.32 Å². The molecule has 2 aliphatic rings. The molecule has 1 aliphatic carbocycles. The summed E-state index contributed by atoms with van der Waals surface area (Å²) >= 11 is 1.62. The summed E-state index contributed by atoms with van der Waals surface area (Å²) in [6, 6.07) is 2.05. The van der Waals surface area contributed by atoms with Crippen molar-refractivity contribution < 1.29 is 14.6 Å². The van der Waals surface area contributed by atoms with Crippen molar-refractivity contribution in [2.75, 3.05) is 19.8 Å². The van der Waals surface area contributed by atoms with Gasteiger partial charge in [-0.2, -0.15) is 0 Å². The molecule has 0 saturated carbocycles. The van der Waals surface area contributed by atoms with Crippen LogP contribution in [0.1, 0.15) is 52.2 Å². The molecule has 1 saturated heterocycles. The fourth-order valence-electron chi connectivity index (χ4n) is 3.04. The van der Waals surface area contributed by atoms with Crippen LogP contribution in [-0.4, -0.2) is 36.4 Å². The molecule has 0 atom stereocenters. The number of hydrogen-bond acceptors (Lipinski definition) is 4. The molecule has 0 aromatic carbocycles. The van der Waals surface area contributed by atoms with Gasteiger partial charge in [0.05, 0.1) is 10.5 Å². The van der Waals surface area contributed by atoms with E-state index in [-0.39, 0.29) is 5.91 Å². The molecule has 1 amide bonds. The lowest BCUT2D eigenvalue weighted by molar-refractivity contribution is -0.0605. The van der Waals surface area contributed by atoms with Crippen LogP contribution in [0.5, 0.6) is 0 Å². The number of aliphatic hydroxyl groups is 1. The average molecular weight is 309 g/mol. The molecule has 2 N–H and O–H groups in total. The van der Waals surface area contributed by atoms with Gasteiger partial charge in [0.1, 0.15) is 0 Å². The fraction of sp³-hybridized carbons (Fsp3) is 0.688. The molecule has 0 bridgehead atoms. The van der Waals surface area contributed by atoms with Crippen molar-refractivity contribution in [2.45, 2.75) is 50.5 Å². The summed E-state index contributed by atoms with van der Waals surface area (Å²) in [7, 11) is 0. The predicted octanol–water partition coefficient (Wildman–Crippen LogP) is 2.29. The summed E-state index contributed by atoms with van der Waals surface area (Å²) in [6.45, 7) is 1.46. The number of ether oxygens (including phenoxy) is 1. The summed E-state index contributed by atoms with van der Waals surface area (Å²) in [5, 5.41) is 13.3. The first-order valence-corrected chi connectivity index (χ1v) is 8.68. The summed E-state index contributed by atoms with van der Waals surface area (Å²) in [5.74, 6) is -0.0482. The Morgan fingerprint density at radius 1 is 1.29 bits per heavy atom. The number of rotatable bonds is 3. The maximum Gasteiger partial charge on any atom is 0.261 e. The minimum atomic E-state index is -0.803. The summed E-state index contributed by atoms with van der Waals surface area (Å²) in [4.78, 5) is 14.5. The van der Waals surface area contributed by atoms with Crippen molar-refractivity contribution in [2.24, 2.45) is 0 Å². The second-order valence-corrected chi connectivity index (χ2v) is 7.28. The first-order chi connectivity index (χ1) is 10.2. The Labute approximate surface area is 129 Å². The predicted molar refractivity (Wildman–Crippen MR) is 82.9 cm³/mol. The Kier molecular flexibility index (Phi) is 4.62. The Bertz CT molecular complexity index is 482. The van der Waals surface area contributed by atoms with Crippen LogP contribution in [0.3, 0.4) is 0 Å². The van der Waals surface area contributed by atoms with Crippen molar-refractivity contribution in [3.05, 3.63) is 21.4 Å². The van der Waals surface area contributed by atoms with Crippen LogP contribution in [0.25, 0.3) is 0 Å². The van der Waals surface area contributed by atoms with Crippen molar-refractivity contribution in [1.82, 2.24) is 5.32 Å². The maximum absolute atomic E-state index is 12.3. The summed E-state index contributed by atoms with van der Waals surface area (Å²) in [6.07, 6.45) is 7.13. The van der Waals surface area contributed by atoms with Gasteiger partial charge in [-0.25, -0.2) is 0 Å². The van der Waals surface area contributed by atoms with Crippen LogP contribution >= 0.6 is 11.3 Å². The zero-order valence-corrected chi connectivity index (χ0v) is 13.1. The Hall–Kier alpha value is -0.910. The molecule has 1 aliphatic heterocycles. The number of aryl methyl sites for hydroxylation is 2. The highest BCUT2D eigenvalue weighted by molar-refractivity contribution is 7.14. The van der Waals surface area contributed by atoms with Crippen LogP contribution in [0.2, 0.25) is 0 Å². The molecule has 1 aromatic rings. The van der Waals surface area contributed by atoms with Crippen LogP contribution in [0.15, 0.2) is 6.07 Å². The van der Waals surface area contributed by atoms with Gasteiger partial charge < -0.3 is 15.2 Å². The van der Waals surface area contributed by atoms with Crippen LogP contribution in [-0.2, 0) is 17.6 Å². The average Bonchev–Trinajstić information content (AvgIpc) is 2.77. The fourth-order valence-corrected chi connectivity index (χ4v) is 4.21. The van der Waals surface area contributed by atoms with Gasteiger partial charge in [0.25, 0.3) is 5.91 Å². The number of hydrogen-bond donors (Lipinski definition) is 2. The van der Waals surface area contributed by atoms with Gasteiger partial charge in [-0.1, -0.05) is 6.42 Å². The van der Waals surface area contributed by atoms with E-state index in [1.165, 1.54) is 29.7 Å². The number of carbonyl (C=O) groups is 1. The quantitative estimate of drug-likeness (QED) is 0.842. The molecular weight excluding hydrogens is 286 g/mol. The summed E-state index contributed by atoms with van der Waals surface area (Å²) < 4.78 is 5.25. The first-order valence-electron chi connectivity index (χ1n) is 7.86. The molecule has 3 rings (SSSR count). The molecule has 4 nitrogen and oxygen atoms in total. The molecule has 21 heavy (non-hydrogen) atoms. The van der Waals surface area contributed by atoms with Gasteiger partial charge in [-0.15, -0.1) is 11.3 Å². The van der Waals surface area contributed by atoms with Crippen molar-refractivity contribution in [3.8, 4) is 0 Å². The summed E-state index contributed by atoms with van der Waals surface area (Å²) in [5.41, 5.74) is 0.551. The minimum Gasteiger partial charge on any atom is -0.388 e. The topological polar surface area (TPSA) is 58.6 Å². The first kappa shape index (κ1) is 15.0. The van der Waals surface area contributed by atoms with E-state index in [2.05, 4.69) is 11.4 Å². The van der Waals surface area contributed by atoms with E-state index < -0.39 is 5.60 Å². The molecular formula is C16H23NO3S. The normalized spacial score (nSPS) is 21.4. The molecule has 5 heteroatoms. The standard InChI is InChI=1S/C16H23NO3S/c18-15(17-11-16(19)6-8-20-9-7-16)14-10-12-4-2-1-3-5-13(12)21-14/h10,19H,1-9,11H2,(H,17,18). The van der Waals surface area contributed by atoms with E-state index in [0.29, 0.717) is 32.6 Å². The zero-order valence-electron chi connectivity index (χ0n) is 12.3. The smallest absolute Gasteiger partial charge is 0.261 e. The van der Waals surface area contributed by atoms with E-state index in [1.807, 2.05) is 0 Å². The van der Waals surface area contributed by atoms with E-state index in [0.717, 1.165) is 17.7 Å². The lowest BCUT2D eigenvalue weighted by Crippen LogP contribution is -2.46. The second-order valence-electron chi connectivity index (χ2n) is 6.14. The highest BCUT2D eigenvalue weighted by Gasteiger charge is 2.30. The van der Waals surface area contributed by atoms with Gasteiger partial charge >= 0.3 is 0 Å². The maximum atomic E-state index is 12.3. The Morgan fingerprint density at radius 2 is 2.05 bits per heavy atom. The number of fused-ring (bicyclic) bond motifs is 1. The molecule has 0 unspecified atom stereocenters. The molecule has 0 radical (unpaired) electrons. The van der Waals surface area contributed by atoms with E-state index in [4.69, 9.17) is 4.74 Å². The minimum absolute atomic E-state index is 0.0482. The van der Waals surface area contributed by atoms with Gasteiger partial charge in [0.2, 0.25) is 0 Å². The largest absolute Gasteiger partial charge is 0.388 e. The molecule has 116 valence electrons. The van der Waals surface area contributed by atoms with Crippen molar-refractivity contribution in [3.63, 3.8) is 0 Å². The Balaban J connectivity index is 1.60. The van der Waals surface area contributed by atoms with Crippen molar-refractivity contribution in [1.29, 1.82) is 0 Å². The Morgan fingerprint density at radius 3 is 2.86 bits per heavy atom. The van der Waals surface area contributed by atoms with Crippen molar-refractivity contribution >= 4 is 17.2 Å². The SMILES string of the molecule is O=C(NCC1(O)CCOCC1)c1cc2c(s1)CCCCC2. The van der Waals surface area contributed by atoms with Gasteiger partial charge in [0.15, 0.2) is 0 Å². The lowest BCUT2D eigenvalue weighted by atomic mass is 9.94. The van der Waals surface area contributed by atoms with Crippen LogP contribution in [0, 0.1) is 0 Å². The van der Waals surface area contributed by atoms with Gasteiger partial charge in [-0.3, -0.25) is 4.79 Å². The van der Waals surface area contributed by atoms with E-state index in [1.54, 1.807) is 11.3 Å². The molecule has 2 heterocycles. The molecule has 1 aromatic heterocycles. The molecule has 0 spiro atoms. The molecule has 1 fully saturated rings. The van der Waals surface area contributed by atoms with Gasteiger partial charge in [0, 0.05) is 37.5 Å². The number of carbonyl (C=O) groups excluding carboxylic acids is 1. The lowest BCUT2D eigenvalue weighted by Gasteiger charge is -2.31. The number of nitrogens with one attached hydrogen (secondary N) is 1. The monoisotopic (exact) mass is 309 g/mol. The van der Waals surface area contributed by atoms with Gasteiger partial charge in [-0.05, 0) is 37.3 Å².